The molecule has 0 aliphatic heterocycles. The first-order valence-corrected chi connectivity index (χ1v) is 7.22. The maximum Gasteiger partial charge on any atom is 0.251 e. The highest BCUT2D eigenvalue weighted by atomic mass is 16.5. The zero-order valence-corrected chi connectivity index (χ0v) is 13.7. The molecule has 1 N–H and O–H groups in total. The van der Waals surface area contributed by atoms with E-state index < -0.39 is 0 Å². The maximum absolute atomic E-state index is 12.4. The Labute approximate surface area is 135 Å². The fraction of sp³-hybridized carbons (Fsp3) is 0.353. The van der Waals surface area contributed by atoms with Gasteiger partial charge in [-0.15, -0.1) is 0 Å². The molecule has 0 aliphatic rings. The van der Waals surface area contributed by atoms with Crippen molar-refractivity contribution in [2.45, 2.75) is 19.4 Å². The molecule has 1 aromatic carbocycles. The number of carbonyl (C=O) groups excluding carboxylic acids is 1. The molecule has 2 aromatic rings. The molecule has 1 aromatic heterocycles. The van der Waals surface area contributed by atoms with Gasteiger partial charge in [-0.3, -0.25) is 4.79 Å². The first-order chi connectivity index (χ1) is 11.1. The minimum Gasteiger partial charge on any atom is -0.493 e. The van der Waals surface area contributed by atoms with Crippen molar-refractivity contribution in [1.29, 1.82) is 0 Å². The normalized spacial score (nSPS) is 11.7. The molecule has 1 atom stereocenters. The molecule has 124 valence electrons. The van der Waals surface area contributed by atoms with Gasteiger partial charge in [0.1, 0.15) is 5.76 Å². The zero-order chi connectivity index (χ0) is 16.8. The number of rotatable bonds is 7. The quantitative estimate of drug-likeness (QED) is 0.849. The third-order valence-electron chi connectivity index (χ3n) is 3.39. The lowest BCUT2D eigenvalue weighted by Crippen LogP contribution is -2.34. The molecule has 0 aliphatic carbocycles. The third-order valence-corrected chi connectivity index (χ3v) is 3.39. The van der Waals surface area contributed by atoms with Crippen molar-refractivity contribution < 1.29 is 23.4 Å². The van der Waals surface area contributed by atoms with Gasteiger partial charge < -0.3 is 23.9 Å². The van der Waals surface area contributed by atoms with Crippen LogP contribution in [0.3, 0.4) is 0 Å². The Hall–Kier alpha value is -2.63. The summed E-state index contributed by atoms with van der Waals surface area (Å²) in [5.74, 6) is 1.94. The predicted octanol–water partition coefficient (Wildman–Crippen LogP) is 2.67. The number of ether oxygens (including phenoxy) is 3. The van der Waals surface area contributed by atoms with E-state index in [1.807, 2.05) is 19.1 Å². The van der Waals surface area contributed by atoms with Crippen molar-refractivity contribution in [2.75, 3.05) is 21.3 Å². The van der Waals surface area contributed by atoms with Crippen LogP contribution in [0.4, 0.5) is 0 Å². The average Bonchev–Trinajstić information content (AvgIpc) is 3.05. The van der Waals surface area contributed by atoms with Crippen LogP contribution in [0.15, 0.2) is 34.9 Å². The van der Waals surface area contributed by atoms with Crippen LogP contribution in [0, 0.1) is 0 Å². The van der Waals surface area contributed by atoms with E-state index in [-0.39, 0.29) is 11.9 Å². The van der Waals surface area contributed by atoms with E-state index in [1.165, 1.54) is 21.3 Å². The van der Waals surface area contributed by atoms with E-state index in [4.69, 9.17) is 18.6 Å². The Morgan fingerprint density at radius 3 is 2.30 bits per heavy atom. The largest absolute Gasteiger partial charge is 0.493 e. The molecule has 1 heterocycles. The monoisotopic (exact) mass is 319 g/mol. The second-order valence-corrected chi connectivity index (χ2v) is 5.07. The highest BCUT2D eigenvalue weighted by Gasteiger charge is 2.18. The summed E-state index contributed by atoms with van der Waals surface area (Å²) in [5, 5.41) is 2.92. The van der Waals surface area contributed by atoms with Crippen LogP contribution in [0.5, 0.6) is 17.2 Å². The highest BCUT2D eigenvalue weighted by molar-refractivity contribution is 5.95. The Morgan fingerprint density at radius 2 is 1.83 bits per heavy atom. The van der Waals surface area contributed by atoms with Gasteiger partial charge >= 0.3 is 0 Å². The molecule has 0 fully saturated rings. The van der Waals surface area contributed by atoms with E-state index in [1.54, 1.807) is 18.4 Å². The lowest BCUT2D eigenvalue weighted by atomic mass is 10.1. The van der Waals surface area contributed by atoms with Gasteiger partial charge in [0.15, 0.2) is 11.5 Å². The number of hydrogen-bond donors (Lipinski definition) is 1. The van der Waals surface area contributed by atoms with E-state index in [0.717, 1.165) is 5.76 Å². The van der Waals surface area contributed by atoms with Crippen LogP contribution in [-0.4, -0.2) is 33.3 Å². The van der Waals surface area contributed by atoms with Gasteiger partial charge in [-0.1, -0.05) is 0 Å². The zero-order valence-electron chi connectivity index (χ0n) is 13.7. The van der Waals surface area contributed by atoms with Crippen LogP contribution in [0.1, 0.15) is 23.0 Å². The van der Waals surface area contributed by atoms with Crippen LogP contribution in [0.2, 0.25) is 0 Å². The highest BCUT2D eigenvalue weighted by Crippen LogP contribution is 2.38. The first-order valence-electron chi connectivity index (χ1n) is 7.22. The SMILES string of the molecule is COc1cc(C(=O)NC(C)Cc2ccco2)cc(OC)c1OC. The van der Waals surface area contributed by atoms with Crippen molar-refractivity contribution in [3.8, 4) is 17.2 Å². The molecule has 2 rings (SSSR count). The molecule has 0 spiro atoms. The number of carbonyl (C=O) groups is 1. The summed E-state index contributed by atoms with van der Waals surface area (Å²) in [6, 6.07) is 6.87. The molecule has 6 nitrogen and oxygen atoms in total. The number of amides is 1. The second-order valence-electron chi connectivity index (χ2n) is 5.07. The summed E-state index contributed by atoms with van der Waals surface area (Å²) in [6.45, 7) is 1.92. The third kappa shape index (κ3) is 3.97. The van der Waals surface area contributed by atoms with Crippen LogP contribution in [0.25, 0.3) is 0 Å². The van der Waals surface area contributed by atoms with E-state index >= 15 is 0 Å². The minimum absolute atomic E-state index is 0.0762. The molecule has 0 saturated carbocycles. The van der Waals surface area contributed by atoms with E-state index in [2.05, 4.69) is 5.32 Å². The molecule has 0 radical (unpaired) electrons. The van der Waals surface area contributed by atoms with E-state index in [9.17, 15) is 4.79 Å². The number of methoxy groups -OCH3 is 3. The van der Waals surface area contributed by atoms with E-state index in [0.29, 0.717) is 29.2 Å². The van der Waals surface area contributed by atoms with Gasteiger partial charge in [0.2, 0.25) is 5.75 Å². The molecule has 23 heavy (non-hydrogen) atoms. The summed E-state index contributed by atoms with van der Waals surface area (Å²) in [4.78, 5) is 12.4. The smallest absolute Gasteiger partial charge is 0.251 e. The fourth-order valence-corrected chi connectivity index (χ4v) is 2.30. The topological polar surface area (TPSA) is 69.9 Å². The fourth-order valence-electron chi connectivity index (χ4n) is 2.30. The standard InChI is InChI=1S/C17H21NO5/c1-11(8-13-6-5-7-23-13)18-17(19)12-9-14(20-2)16(22-4)15(10-12)21-3/h5-7,9-11H,8H2,1-4H3,(H,18,19). The summed E-state index contributed by atoms with van der Waals surface area (Å²) in [5.41, 5.74) is 0.436. The van der Waals surface area contributed by atoms with Crippen LogP contribution in [-0.2, 0) is 6.42 Å². The lowest BCUT2D eigenvalue weighted by molar-refractivity contribution is 0.0938. The number of benzene rings is 1. The minimum atomic E-state index is -0.219. The molecule has 1 unspecified atom stereocenters. The summed E-state index contributed by atoms with van der Waals surface area (Å²) < 4.78 is 21.1. The summed E-state index contributed by atoms with van der Waals surface area (Å²) in [6.07, 6.45) is 2.23. The average molecular weight is 319 g/mol. The van der Waals surface area contributed by atoms with Crippen molar-refractivity contribution in [2.24, 2.45) is 0 Å². The molecule has 0 bridgehead atoms. The number of hydrogen-bond acceptors (Lipinski definition) is 5. The Morgan fingerprint density at radius 1 is 1.17 bits per heavy atom. The molecule has 0 saturated heterocycles. The van der Waals surface area contributed by atoms with Crippen molar-refractivity contribution in [3.05, 3.63) is 41.9 Å². The summed E-state index contributed by atoms with van der Waals surface area (Å²) in [7, 11) is 4.54. The lowest BCUT2D eigenvalue weighted by Gasteiger charge is -2.16. The second kappa shape index (κ2) is 7.58. The molecule has 1 amide bonds. The first kappa shape index (κ1) is 16.7. The van der Waals surface area contributed by atoms with Gasteiger partial charge in [-0.05, 0) is 31.2 Å². The number of furan rings is 1. The number of nitrogens with one attached hydrogen (secondary N) is 1. The predicted molar refractivity (Wildman–Crippen MR) is 85.4 cm³/mol. The van der Waals surface area contributed by atoms with Gasteiger partial charge in [0.25, 0.3) is 5.91 Å². The van der Waals surface area contributed by atoms with Gasteiger partial charge in [-0.25, -0.2) is 0 Å². The van der Waals surface area contributed by atoms with Crippen molar-refractivity contribution in [3.63, 3.8) is 0 Å². The molecular formula is C17H21NO5. The maximum atomic E-state index is 12.4. The van der Waals surface area contributed by atoms with Crippen molar-refractivity contribution >= 4 is 5.91 Å². The Kier molecular flexibility index (Phi) is 5.51. The molecular weight excluding hydrogens is 298 g/mol. The van der Waals surface area contributed by atoms with Crippen molar-refractivity contribution in [1.82, 2.24) is 5.32 Å². The summed E-state index contributed by atoms with van der Waals surface area (Å²) >= 11 is 0. The van der Waals surface area contributed by atoms with Gasteiger partial charge in [0, 0.05) is 18.0 Å². The van der Waals surface area contributed by atoms with Crippen LogP contribution >= 0.6 is 0 Å². The molecule has 6 heteroatoms. The van der Waals surface area contributed by atoms with Gasteiger partial charge in [-0.2, -0.15) is 0 Å². The van der Waals surface area contributed by atoms with Gasteiger partial charge in [0.05, 0.1) is 27.6 Å². The Balaban J connectivity index is 2.15. The Bertz CT molecular complexity index is 626. The van der Waals surface area contributed by atoms with Crippen LogP contribution < -0.4 is 19.5 Å².